The lowest BCUT2D eigenvalue weighted by Gasteiger charge is -2.11. The predicted octanol–water partition coefficient (Wildman–Crippen LogP) is 3.17. The minimum absolute atomic E-state index is 0.154. The predicted molar refractivity (Wildman–Crippen MR) is 88.5 cm³/mol. The van der Waals surface area contributed by atoms with Gasteiger partial charge in [0.1, 0.15) is 10.8 Å². The van der Waals surface area contributed by atoms with Crippen LogP contribution in [0.5, 0.6) is 5.75 Å². The molecule has 0 radical (unpaired) electrons. The lowest BCUT2D eigenvalue weighted by molar-refractivity contribution is -0.136. The van der Waals surface area contributed by atoms with Crippen molar-refractivity contribution < 1.29 is 19.4 Å². The normalized spacial score (nSPS) is 11.8. The number of halogens is 1. The molecular formula is C15H15ClN2O4S. The topological polar surface area (TPSA) is 88.5 Å². The van der Waals surface area contributed by atoms with Gasteiger partial charge in [-0.05, 0) is 25.1 Å². The van der Waals surface area contributed by atoms with Gasteiger partial charge in [-0.1, -0.05) is 11.6 Å². The van der Waals surface area contributed by atoms with Crippen molar-refractivity contribution >= 4 is 40.5 Å². The van der Waals surface area contributed by atoms with Crippen molar-refractivity contribution in [3.05, 3.63) is 39.3 Å². The summed E-state index contributed by atoms with van der Waals surface area (Å²) >= 11 is 7.29. The van der Waals surface area contributed by atoms with Gasteiger partial charge in [0.2, 0.25) is 5.91 Å². The fraction of sp³-hybridized carbons (Fsp3) is 0.267. The third-order valence-electron chi connectivity index (χ3n) is 3.08. The van der Waals surface area contributed by atoms with E-state index >= 15 is 0 Å². The van der Waals surface area contributed by atoms with Crippen LogP contribution >= 0.6 is 22.9 Å². The lowest BCUT2D eigenvalue weighted by atomic mass is 10.1. The number of carboxylic acid groups (broad SMARTS) is 1. The molecule has 1 atom stereocenters. The Hall–Kier alpha value is -2.12. The number of rotatable bonds is 6. The highest BCUT2D eigenvalue weighted by atomic mass is 35.5. The second kappa shape index (κ2) is 7.43. The molecule has 0 unspecified atom stereocenters. The van der Waals surface area contributed by atoms with E-state index in [4.69, 9.17) is 21.4 Å². The quantitative estimate of drug-likeness (QED) is 0.831. The number of benzene rings is 1. The molecule has 0 saturated carbocycles. The number of anilines is 1. The maximum absolute atomic E-state index is 12.3. The first-order chi connectivity index (χ1) is 10.9. The molecule has 1 aromatic heterocycles. The molecule has 23 heavy (non-hydrogen) atoms. The van der Waals surface area contributed by atoms with Crippen molar-refractivity contribution in [2.75, 3.05) is 12.4 Å². The van der Waals surface area contributed by atoms with Gasteiger partial charge < -0.3 is 15.2 Å². The Morgan fingerprint density at radius 1 is 1.48 bits per heavy atom. The molecule has 0 aliphatic heterocycles. The van der Waals surface area contributed by atoms with Gasteiger partial charge in [-0.3, -0.25) is 9.59 Å². The number of aromatic nitrogens is 1. The van der Waals surface area contributed by atoms with Crippen LogP contribution in [0.2, 0.25) is 5.02 Å². The van der Waals surface area contributed by atoms with Crippen molar-refractivity contribution in [3.63, 3.8) is 0 Å². The average Bonchev–Trinajstić information content (AvgIpc) is 2.94. The van der Waals surface area contributed by atoms with Crippen molar-refractivity contribution in [1.29, 1.82) is 0 Å². The fourth-order valence-electron chi connectivity index (χ4n) is 1.86. The van der Waals surface area contributed by atoms with Crippen LogP contribution in [0, 0.1) is 0 Å². The number of hydrogen-bond donors (Lipinski definition) is 2. The fourth-order valence-corrected chi connectivity index (χ4v) is 3.00. The zero-order valence-electron chi connectivity index (χ0n) is 12.5. The summed E-state index contributed by atoms with van der Waals surface area (Å²) in [5.74, 6) is -1.17. The molecule has 0 aliphatic rings. The number of hydrogen-bond acceptors (Lipinski definition) is 5. The number of thiazole rings is 1. The van der Waals surface area contributed by atoms with Gasteiger partial charge in [0.15, 0.2) is 0 Å². The van der Waals surface area contributed by atoms with Crippen molar-refractivity contribution in [3.8, 4) is 5.75 Å². The number of amides is 1. The van der Waals surface area contributed by atoms with Crippen molar-refractivity contribution in [1.82, 2.24) is 4.98 Å². The van der Waals surface area contributed by atoms with Gasteiger partial charge in [-0.15, -0.1) is 11.3 Å². The van der Waals surface area contributed by atoms with Gasteiger partial charge in [0.05, 0.1) is 30.2 Å². The van der Waals surface area contributed by atoms with E-state index in [1.807, 2.05) is 0 Å². The van der Waals surface area contributed by atoms with Crippen LogP contribution < -0.4 is 10.1 Å². The molecule has 0 bridgehead atoms. The minimum atomic E-state index is -0.952. The van der Waals surface area contributed by atoms with Crippen LogP contribution in [0.3, 0.4) is 0 Å². The number of carbonyl (C=O) groups excluding carboxylic acids is 1. The number of nitrogens with one attached hydrogen (secondary N) is 1. The first kappa shape index (κ1) is 17.2. The lowest BCUT2D eigenvalue weighted by Crippen LogP contribution is -2.18. The van der Waals surface area contributed by atoms with E-state index in [1.54, 1.807) is 30.5 Å². The Morgan fingerprint density at radius 2 is 2.22 bits per heavy atom. The molecule has 0 spiro atoms. The Morgan fingerprint density at radius 3 is 2.83 bits per heavy atom. The van der Waals surface area contributed by atoms with Crippen LogP contribution in [-0.4, -0.2) is 29.1 Å². The maximum atomic E-state index is 12.3. The molecule has 8 heteroatoms. The smallest absolute Gasteiger partial charge is 0.309 e. The summed E-state index contributed by atoms with van der Waals surface area (Å²) in [5, 5.41) is 14.1. The third kappa shape index (κ3) is 4.43. The van der Waals surface area contributed by atoms with E-state index in [0.717, 1.165) is 0 Å². The van der Waals surface area contributed by atoms with Gasteiger partial charge in [-0.2, -0.15) is 0 Å². The molecule has 1 aromatic carbocycles. The first-order valence-electron chi connectivity index (χ1n) is 6.71. The Balaban J connectivity index is 2.06. The summed E-state index contributed by atoms with van der Waals surface area (Å²) in [6, 6.07) is 4.95. The second-order valence-corrected chi connectivity index (χ2v) is 6.10. The molecule has 2 rings (SSSR count). The van der Waals surface area contributed by atoms with Gasteiger partial charge in [-0.25, -0.2) is 4.98 Å². The van der Waals surface area contributed by atoms with Gasteiger partial charge >= 0.3 is 5.97 Å². The van der Waals surface area contributed by atoms with Crippen LogP contribution in [0.4, 0.5) is 5.69 Å². The summed E-state index contributed by atoms with van der Waals surface area (Å²) in [4.78, 5) is 27.1. The van der Waals surface area contributed by atoms with E-state index in [1.165, 1.54) is 18.4 Å². The van der Waals surface area contributed by atoms with Crippen LogP contribution in [-0.2, 0) is 16.0 Å². The SMILES string of the molecule is COc1ccc(NC(=O)[C@H](C)c2nc(CC(=O)O)cs2)cc1Cl. The summed E-state index contributed by atoms with van der Waals surface area (Å²) in [5.41, 5.74) is 1.000. The number of nitrogens with zero attached hydrogens (tertiary/aromatic N) is 1. The molecule has 2 aromatic rings. The zero-order chi connectivity index (χ0) is 17.0. The zero-order valence-corrected chi connectivity index (χ0v) is 14.1. The van der Waals surface area contributed by atoms with E-state index < -0.39 is 11.9 Å². The van der Waals surface area contributed by atoms with E-state index in [-0.39, 0.29) is 12.3 Å². The molecular weight excluding hydrogens is 340 g/mol. The summed E-state index contributed by atoms with van der Waals surface area (Å²) in [7, 11) is 1.51. The van der Waals surface area contributed by atoms with Crippen LogP contribution in [0.25, 0.3) is 0 Å². The second-order valence-electron chi connectivity index (χ2n) is 4.81. The molecule has 0 saturated heterocycles. The van der Waals surface area contributed by atoms with Crippen molar-refractivity contribution in [2.45, 2.75) is 19.3 Å². The third-order valence-corrected chi connectivity index (χ3v) is 4.46. The number of carbonyl (C=O) groups is 2. The Kier molecular flexibility index (Phi) is 5.57. The minimum Gasteiger partial charge on any atom is -0.495 e. The molecule has 0 fully saturated rings. The summed E-state index contributed by atoms with van der Waals surface area (Å²) < 4.78 is 5.06. The average molecular weight is 355 g/mol. The molecule has 6 nitrogen and oxygen atoms in total. The van der Waals surface area contributed by atoms with E-state index in [2.05, 4.69) is 10.3 Å². The Bertz CT molecular complexity index is 732. The van der Waals surface area contributed by atoms with E-state index in [9.17, 15) is 9.59 Å². The molecule has 122 valence electrons. The van der Waals surface area contributed by atoms with Gasteiger partial charge in [0, 0.05) is 11.1 Å². The molecule has 1 amide bonds. The number of carboxylic acids is 1. The Labute approximate surface area is 142 Å². The molecule has 0 aliphatic carbocycles. The molecule has 1 heterocycles. The highest BCUT2D eigenvalue weighted by Gasteiger charge is 2.20. The standard InChI is InChI=1S/C15H15ClN2O4S/c1-8(15-18-10(7-23-15)6-13(19)20)14(21)17-9-3-4-12(22-2)11(16)5-9/h3-5,7-8H,6H2,1-2H3,(H,17,21)(H,19,20)/t8-/m0/s1. The van der Waals surface area contributed by atoms with Crippen LogP contribution in [0.1, 0.15) is 23.5 Å². The number of methoxy groups -OCH3 is 1. The number of ether oxygens (including phenoxy) is 1. The largest absolute Gasteiger partial charge is 0.495 e. The van der Waals surface area contributed by atoms with Gasteiger partial charge in [0.25, 0.3) is 0 Å². The first-order valence-corrected chi connectivity index (χ1v) is 7.97. The maximum Gasteiger partial charge on any atom is 0.309 e. The highest BCUT2D eigenvalue weighted by molar-refractivity contribution is 7.09. The highest BCUT2D eigenvalue weighted by Crippen LogP contribution is 2.28. The monoisotopic (exact) mass is 354 g/mol. The molecule has 2 N–H and O–H groups in total. The summed E-state index contributed by atoms with van der Waals surface area (Å²) in [6.07, 6.45) is -0.154. The van der Waals surface area contributed by atoms with Crippen molar-refractivity contribution in [2.24, 2.45) is 0 Å². The van der Waals surface area contributed by atoms with E-state index in [0.29, 0.717) is 27.2 Å². The number of aliphatic carboxylic acids is 1. The summed E-state index contributed by atoms with van der Waals surface area (Å²) in [6.45, 7) is 1.71. The van der Waals surface area contributed by atoms with Crippen LogP contribution in [0.15, 0.2) is 23.6 Å².